The highest BCUT2D eigenvalue weighted by Crippen LogP contribution is 2.38. The van der Waals surface area contributed by atoms with Crippen LogP contribution < -0.4 is 20.5 Å². The number of rotatable bonds is 10. The van der Waals surface area contributed by atoms with Crippen molar-refractivity contribution in [1.82, 2.24) is 9.80 Å². The third-order valence-electron chi connectivity index (χ3n) is 5.67. The van der Waals surface area contributed by atoms with Gasteiger partial charge in [0.25, 0.3) is 17.7 Å². The van der Waals surface area contributed by atoms with E-state index in [1.807, 2.05) is 0 Å². The van der Waals surface area contributed by atoms with Gasteiger partial charge < -0.3 is 20.5 Å². The molecule has 0 spiro atoms. The number of anilines is 1. The lowest BCUT2D eigenvalue weighted by Crippen LogP contribution is -2.46. The first-order chi connectivity index (χ1) is 16.9. The molecular formula is C24H30N4O7S. The van der Waals surface area contributed by atoms with E-state index < -0.39 is 45.5 Å². The van der Waals surface area contributed by atoms with Crippen molar-refractivity contribution in [3.05, 3.63) is 53.1 Å². The van der Waals surface area contributed by atoms with Crippen LogP contribution in [0.1, 0.15) is 39.2 Å². The van der Waals surface area contributed by atoms with Crippen molar-refractivity contribution in [2.24, 2.45) is 5.73 Å². The lowest BCUT2D eigenvalue weighted by atomic mass is 10.1. The number of carbonyl (C=O) groups excluding carboxylic acids is 3. The van der Waals surface area contributed by atoms with E-state index in [2.05, 4.69) is 5.32 Å². The van der Waals surface area contributed by atoms with Gasteiger partial charge in [0.2, 0.25) is 0 Å². The fraction of sp³-hybridized carbons (Fsp3) is 0.375. The fourth-order valence-corrected chi connectivity index (χ4v) is 4.82. The number of sulfone groups is 1. The summed E-state index contributed by atoms with van der Waals surface area (Å²) in [6, 6.07) is 8.04. The first-order valence-corrected chi connectivity index (χ1v) is 13.2. The first kappa shape index (κ1) is 27.1. The average molecular weight is 519 g/mol. The average Bonchev–Trinajstić information content (AvgIpc) is 3.07. The van der Waals surface area contributed by atoms with Gasteiger partial charge in [-0.3, -0.25) is 24.2 Å². The highest BCUT2D eigenvalue weighted by Gasteiger charge is 2.43. The zero-order valence-corrected chi connectivity index (χ0v) is 21.6. The number of fused-ring (bicyclic) bond motifs is 1. The van der Waals surface area contributed by atoms with Gasteiger partial charge in [-0.1, -0.05) is 12.1 Å². The van der Waals surface area contributed by atoms with Crippen molar-refractivity contribution in [1.29, 1.82) is 0 Å². The molecule has 36 heavy (non-hydrogen) atoms. The lowest BCUT2D eigenvalue weighted by Gasteiger charge is -2.27. The van der Waals surface area contributed by atoms with Gasteiger partial charge in [0.15, 0.2) is 11.5 Å². The zero-order valence-electron chi connectivity index (χ0n) is 20.8. The number of hydrogen-bond acceptors (Lipinski definition) is 9. The van der Waals surface area contributed by atoms with Crippen molar-refractivity contribution < 1.29 is 32.3 Å². The van der Waals surface area contributed by atoms with E-state index in [-0.39, 0.29) is 16.8 Å². The fourth-order valence-electron chi connectivity index (χ4n) is 3.91. The highest BCUT2D eigenvalue weighted by atomic mass is 32.2. The van der Waals surface area contributed by atoms with Gasteiger partial charge in [-0.2, -0.15) is 0 Å². The third-order valence-corrected chi connectivity index (χ3v) is 6.59. The number of likely N-dealkylation sites (N-methyl/N-ethyl adjacent to an activating group) is 1. The summed E-state index contributed by atoms with van der Waals surface area (Å²) in [5.41, 5.74) is 6.37. The Hall–Kier alpha value is -3.48. The van der Waals surface area contributed by atoms with E-state index in [4.69, 9.17) is 15.2 Å². The molecule has 3 amide bonds. The molecule has 2 aromatic carbocycles. The Bertz CT molecular complexity index is 1290. The number of hydrogen-bond donors (Lipinski definition) is 2. The number of nitrogens with two attached hydrogens (primary N) is 1. The number of nitrogens with one attached hydrogen (secondary N) is 1. The maximum Gasteiger partial charge on any atom is 0.264 e. The van der Waals surface area contributed by atoms with Crippen molar-refractivity contribution >= 4 is 33.2 Å². The molecular weight excluding hydrogens is 488 g/mol. The topological polar surface area (TPSA) is 148 Å². The Balaban J connectivity index is 2.08. The van der Waals surface area contributed by atoms with Gasteiger partial charge in [0.05, 0.1) is 42.3 Å². The Morgan fingerprint density at radius 2 is 1.83 bits per heavy atom. The SMILES string of the molecule is CCOc1cc(C(CS(C)(=O)=O)N2C(=O)c3cccc(NC(=O)C(N)N(C)C)c3C2=O)ccc1OC. The normalized spacial score (nSPS) is 15.0. The second kappa shape index (κ2) is 10.6. The van der Waals surface area contributed by atoms with E-state index in [1.54, 1.807) is 39.2 Å². The Morgan fingerprint density at radius 3 is 2.42 bits per heavy atom. The number of imide groups is 1. The number of amides is 3. The van der Waals surface area contributed by atoms with Crippen LogP contribution in [0.25, 0.3) is 0 Å². The summed E-state index contributed by atoms with van der Waals surface area (Å²) < 4.78 is 35.6. The molecule has 12 heteroatoms. The molecule has 0 aliphatic carbocycles. The van der Waals surface area contributed by atoms with Gasteiger partial charge in [-0.25, -0.2) is 8.42 Å². The minimum atomic E-state index is -3.64. The molecule has 1 aliphatic rings. The molecule has 3 rings (SSSR count). The Kier molecular flexibility index (Phi) is 8.02. The molecule has 2 aromatic rings. The number of nitrogens with zero attached hydrogens (tertiary/aromatic N) is 2. The summed E-state index contributed by atoms with van der Waals surface area (Å²) >= 11 is 0. The molecule has 0 saturated carbocycles. The predicted octanol–water partition coefficient (Wildman–Crippen LogP) is 1.26. The van der Waals surface area contributed by atoms with E-state index >= 15 is 0 Å². The van der Waals surface area contributed by atoms with Crippen LogP contribution in [0.15, 0.2) is 36.4 Å². The molecule has 2 unspecified atom stereocenters. The number of methoxy groups -OCH3 is 1. The molecule has 11 nitrogen and oxygen atoms in total. The molecule has 0 saturated heterocycles. The monoisotopic (exact) mass is 518 g/mol. The standard InChI is InChI=1S/C24H30N4O7S/c1-6-35-19-12-14(10-11-18(19)34-4)17(13-36(5,32)33)28-23(30)15-8-7-9-16(20(15)24(28)31)26-22(29)21(25)27(2)3/h7-12,17,21H,6,13,25H2,1-5H3,(H,26,29). The second-order valence-corrected chi connectivity index (χ2v) is 10.7. The minimum Gasteiger partial charge on any atom is -0.493 e. The predicted molar refractivity (Wildman–Crippen MR) is 134 cm³/mol. The van der Waals surface area contributed by atoms with Crippen LogP contribution in [0.3, 0.4) is 0 Å². The van der Waals surface area contributed by atoms with Crippen LogP contribution in [-0.2, 0) is 14.6 Å². The van der Waals surface area contributed by atoms with E-state index in [1.165, 1.54) is 30.2 Å². The number of carbonyl (C=O) groups is 3. The van der Waals surface area contributed by atoms with Gasteiger partial charge in [-0.05, 0) is 50.8 Å². The molecule has 0 aromatic heterocycles. The van der Waals surface area contributed by atoms with Crippen molar-refractivity contribution in [3.63, 3.8) is 0 Å². The van der Waals surface area contributed by atoms with Gasteiger partial charge in [0, 0.05) is 6.26 Å². The molecule has 3 N–H and O–H groups in total. The second-order valence-electron chi connectivity index (χ2n) is 8.56. The van der Waals surface area contributed by atoms with Crippen LogP contribution in [0.4, 0.5) is 5.69 Å². The molecule has 0 bridgehead atoms. The summed E-state index contributed by atoms with van der Waals surface area (Å²) in [5, 5.41) is 2.60. The molecule has 0 radical (unpaired) electrons. The quantitative estimate of drug-likeness (QED) is 0.350. The van der Waals surface area contributed by atoms with Crippen molar-refractivity contribution in [3.8, 4) is 11.5 Å². The first-order valence-electron chi connectivity index (χ1n) is 11.1. The highest BCUT2D eigenvalue weighted by molar-refractivity contribution is 7.90. The third kappa shape index (κ3) is 5.50. The lowest BCUT2D eigenvalue weighted by molar-refractivity contribution is -0.120. The molecule has 194 valence electrons. The molecule has 2 atom stereocenters. The van der Waals surface area contributed by atoms with E-state index in [0.29, 0.717) is 23.7 Å². The number of benzene rings is 2. The van der Waals surface area contributed by atoms with Gasteiger partial charge in [0.1, 0.15) is 16.0 Å². The molecule has 1 aliphatic heterocycles. The Labute approximate surface area is 210 Å². The van der Waals surface area contributed by atoms with Crippen LogP contribution in [0, 0.1) is 0 Å². The van der Waals surface area contributed by atoms with Crippen LogP contribution in [-0.4, -0.2) is 81.9 Å². The van der Waals surface area contributed by atoms with Gasteiger partial charge in [-0.15, -0.1) is 0 Å². The summed E-state index contributed by atoms with van der Waals surface area (Å²) in [6.45, 7) is 2.10. The van der Waals surface area contributed by atoms with Crippen LogP contribution in [0.2, 0.25) is 0 Å². The summed E-state index contributed by atoms with van der Waals surface area (Å²) in [4.78, 5) is 42.0. The van der Waals surface area contributed by atoms with E-state index in [9.17, 15) is 22.8 Å². The summed E-state index contributed by atoms with van der Waals surface area (Å²) in [5.74, 6) is -1.72. The summed E-state index contributed by atoms with van der Waals surface area (Å²) in [6.07, 6.45) is 0.0397. The zero-order chi connectivity index (χ0) is 26.8. The van der Waals surface area contributed by atoms with Crippen molar-refractivity contribution in [2.75, 3.05) is 45.1 Å². The van der Waals surface area contributed by atoms with Crippen LogP contribution >= 0.6 is 0 Å². The largest absolute Gasteiger partial charge is 0.493 e. The maximum absolute atomic E-state index is 13.6. The Morgan fingerprint density at radius 1 is 1.14 bits per heavy atom. The maximum atomic E-state index is 13.6. The summed E-state index contributed by atoms with van der Waals surface area (Å²) in [7, 11) is 1.07. The molecule has 0 fully saturated rings. The minimum absolute atomic E-state index is 0.0288. The smallest absolute Gasteiger partial charge is 0.264 e. The van der Waals surface area contributed by atoms with Crippen LogP contribution in [0.5, 0.6) is 11.5 Å². The molecule has 1 heterocycles. The number of ether oxygens (including phenoxy) is 2. The van der Waals surface area contributed by atoms with Crippen molar-refractivity contribution in [2.45, 2.75) is 19.1 Å². The van der Waals surface area contributed by atoms with Gasteiger partial charge >= 0.3 is 0 Å². The van der Waals surface area contributed by atoms with E-state index in [0.717, 1.165) is 11.2 Å².